The van der Waals surface area contributed by atoms with Crippen molar-refractivity contribution in [2.45, 2.75) is 51.0 Å². The fourth-order valence-electron chi connectivity index (χ4n) is 2.81. The molecule has 0 aromatic rings. The lowest BCUT2D eigenvalue weighted by Crippen LogP contribution is -2.43. The summed E-state index contributed by atoms with van der Waals surface area (Å²) < 4.78 is 5.94. The number of hydrogen-bond acceptors (Lipinski definition) is 3. The van der Waals surface area contributed by atoms with Gasteiger partial charge in [-0.25, -0.2) is 0 Å². The number of quaternary nitrogens is 1. The fourth-order valence-corrected chi connectivity index (χ4v) is 2.81. The van der Waals surface area contributed by atoms with E-state index in [1.165, 1.54) is 25.7 Å². The van der Waals surface area contributed by atoms with Crippen molar-refractivity contribution < 1.29 is 23.9 Å². The zero-order valence-corrected chi connectivity index (χ0v) is 12.9. The molecule has 20 heavy (non-hydrogen) atoms. The van der Waals surface area contributed by atoms with Crippen LogP contribution in [0.1, 0.15) is 44.9 Å². The number of rotatable bonds is 8. The molecular weight excluding hydrogens is 258 g/mol. The van der Waals surface area contributed by atoms with Gasteiger partial charge in [0.05, 0.1) is 27.6 Å². The van der Waals surface area contributed by atoms with Crippen molar-refractivity contribution >= 4 is 11.9 Å². The Kier molecular flexibility index (Phi) is 6.46. The van der Waals surface area contributed by atoms with Crippen LogP contribution in [0.15, 0.2) is 0 Å². The van der Waals surface area contributed by atoms with E-state index in [1.54, 1.807) is 0 Å². The van der Waals surface area contributed by atoms with Crippen molar-refractivity contribution in [3.8, 4) is 0 Å². The summed E-state index contributed by atoms with van der Waals surface area (Å²) in [4.78, 5) is 22.7. The van der Waals surface area contributed by atoms with Crippen molar-refractivity contribution in [2.75, 3.05) is 27.7 Å². The summed E-state index contributed by atoms with van der Waals surface area (Å²) in [7, 11) is 5.88. The molecular formula is C15H28NO4+. The number of nitrogens with zero attached hydrogens (tertiary/aromatic N) is 1. The first-order valence-corrected chi connectivity index (χ1v) is 7.48. The molecule has 0 bridgehead atoms. The molecule has 1 aliphatic rings. The Hall–Kier alpha value is -1.10. The second kappa shape index (κ2) is 7.62. The molecule has 0 amide bonds. The number of carbonyl (C=O) groups excluding carboxylic acids is 1. The molecule has 5 nitrogen and oxygen atoms in total. The summed E-state index contributed by atoms with van der Waals surface area (Å²) in [6.45, 7) is 0.515. The summed E-state index contributed by atoms with van der Waals surface area (Å²) in [5, 5.41) is 8.90. The van der Waals surface area contributed by atoms with E-state index >= 15 is 0 Å². The van der Waals surface area contributed by atoms with Gasteiger partial charge in [0.25, 0.3) is 0 Å². The molecule has 116 valence electrons. The second-order valence-corrected chi connectivity index (χ2v) is 6.87. The highest BCUT2D eigenvalue weighted by Gasteiger charge is 2.25. The van der Waals surface area contributed by atoms with E-state index in [0.29, 0.717) is 23.4 Å². The molecule has 1 saturated carbocycles. The molecule has 5 heteroatoms. The molecule has 0 aromatic carbocycles. The maximum Gasteiger partial charge on any atom is 0.307 e. The number of aliphatic carboxylic acids is 1. The molecule has 1 N–H and O–H groups in total. The van der Waals surface area contributed by atoms with E-state index in [-0.39, 0.29) is 12.4 Å². The van der Waals surface area contributed by atoms with E-state index in [9.17, 15) is 9.59 Å². The molecule has 0 aliphatic heterocycles. The summed E-state index contributed by atoms with van der Waals surface area (Å²) in [6.07, 6.45) is 5.59. The third-order valence-corrected chi connectivity index (χ3v) is 3.68. The molecule has 1 aliphatic carbocycles. The Morgan fingerprint density at radius 1 is 1.25 bits per heavy atom. The van der Waals surface area contributed by atoms with Gasteiger partial charge in [0.2, 0.25) is 0 Å². The highest BCUT2D eigenvalue weighted by atomic mass is 16.5. The molecule has 1 rings (SSSR count). The summed E-state index contributed by atoms with van der Waals surface area (Å²) in [5.41, 5.74) is 0. The Balaban J connectivity index is 2.37. The van der Waals surface area contributed by atoms with Crippen LogP contribution in [0.4, 0.5) is 0 Å². The van der Waals surface area contributed by atoms with Gasteiger partial charge in [-0.2, -0.15) is 0 Å². The third kappa shape index (κ3) is 7.48. The average molecular weight is 286 g/mol. The lowest BCUT2D eigenvalue weighted by atomic mass is 10.0. The molecule has 1 fully saturated rings. The van der Waals surface area contributed by atoms with Gasteiger partial charge in [0, 0.05) is 6.42 Å². The number of ether oxygens (including phenoxy) is 1. The lowest BCUT2D eigenvalue weighted by molar-refractivity contribution is -0.873. The van der Waals surface area contributed by atoms with Crippen LogP contribution in [0.5, 0.6) is 0 Å². The summed E-state index contributed by atoms with van der Waals surface area (Å²) in [5.74, 6) is -0.525. The third-order valence-electron chi connectivity index (χ3n) is 3.68. The number of carboxylic acids is 1. The number of carbonyl (C=O) groups is 2. The van der Waals surface area contributed by atoms with Gasteiger partial charge in [-0.15, -0.1) is 0 Å². The predicted molar refractivity (Wildman–Crippen MR) is 76.2 cm³/mol. The predicted octanol–water partition coefficient (Wildman–Crippen LogP) is 2.05. The molecule has 0 aromatic heterocycles. The first-order chi connectivity index (χ1) is 9.26. The first-order valence-electron chi connectivity index (χ1n) is 7.48. The van der Waals surface area contributed by atoms with Gasteiger partial charge in [-0.05, 0) is 12.3 Å². The van der Waals surface area contributed by atoms with Crippen LogP contribution < -0.4 is 0 Å². The standard InChI is InChI=1S/C15H27NO4/c1-16(2,3)11-13(10-14(17)18)20-15(19)9-8-12-6-4-5-7-12/h12-13H,4-11H2,1-3H3/p+1. The van der Waals surface area contributed by atoms with Gasteiger partial charge in [0.1, 0.15) is 6.54 Å². The van der Waals surface area contributed by atoms with E-state index < -0.39 is 12.1 Å². The SMILES string of the molecule is C[N+](C)(C)CC(CC(=O)O)OC(=O)CCC1CCCC1. The van der Waals surface area contributed by atoms with Gasteiger partial charge in [0.15, 0.2) is 6.10 Å². The maximum absolute atomic E-state index is 11.9. The van der Waals surface area contributed by atoms with Crippen LogP contribution >= 0.6 is 0 Å². The highest BCUT2D eigenvalue weighted by molar-refractivity contribution is 5.71. The second-order valence-electron chi connectivity index (χ2n) is 6.87. The normalized spacial score (nSPS) is 17.9. The van der Waals surface area contributed by atoms with E-state index in [2.05, 4.69) is 0 Å². The Morgan fingerprint density at radius 3 is 2.35 bits per heavy atom. The van der Waals surface area contributed by atoms with E-state index in [0.717, 1.165) is 6.42 Å². The van der Waals surface area contributed by atoms with E-state index in [1.807, 2.05) is 21.1 Å². The quantitative estimate of drug-likeness (QED) is 0.548. The zero-order chi connectivity index (χ0) is 15.2. The number of esters is 1. The van der Waals surface area contributed by atoms with Crippen molar-refractivity contribution in [3.63, 3.8) is 0 Å². The monoisotopic (exact) mass is 286 g/mol. The van der Waals surface area contributed by atoms with Crippen LogP contribution in [0, 0.1) is 5.92 Å². The largest absolute Gasteiger partial charge is 0.481 e. The van der Waals surface area contributed by atoms with Crippen LogP contribution in [-0.4, -0.2) is 55.3 Å². The van der Waals surface area contributed by atoms with Crippen LogP contribution in [-0.2, 0) is 14.3 Å². The minimum Gasteiger partial charge on any atom is -0.481 e. The van der Waals surface area contributed by atoms with Crippen LogP contribution in [0.2, 0.25) is 0 Å². The number of likely N-dealkylation sites (N-methyl/N-ethyl adjacent to an activating group) is 1. The molecule has 0 saturated heterocycles. The smallest absolute Gasteiger partial charge is 0.307 e. The molecule has 0 radical (unpaired) electrons. The highest BCUT2D eigenvalue weighted by Crippen LogP contribution is 2.28. The van der Waals surface area contributed by atoms with Crippen LogP contribution in [0.3, 0.4) is 0 Å². The lowest BCUT2D eigenvalue weighted by Gasteiger charge is -2.28. The first kappa shape index (κ1) is 17.0. The maximum atomic E-state index is 11.9. The van der Waals surface area contributed by atoms with Crippen molar-refractivity contribution in [2.24, 2.45) is 5.92 Å². The average Bonchev–Trinajstić information content (AvgIpc) is 2.75. The summed E-state index contributed by atoms with van der Waals surface area (Å²) >= 11 is 0. The van der Waals surface area contributed by atoms with Crippen LogP contribution in [0.25, 0.3) is 0 Å². The minimum atomic E-state index is -0.924. The fraction of sp³-hybridized carbons (Fsp3) is 0.867. The number of hydrogen-bond donors (Lipinski definition) is 1. The van der Waals surface area contributed by atoms with Gasteiger partial charge in [-0.3, -0.25) is 9.59 Å². The molecule has 1 unspecified atom stereocenters. The molecule has 0 spiro atoms. The van der Waals surface area contributed by atoms with Gasteiger partial charge in [-0.1, -0.05) is 25.7 Å². The Labute approximate surface area is 121 Å². The Morgan fingerprint density at radius 2 is 1.85 bits per heavy atom. The number of carboxylic acid groups (broad SMARTS) is 1. The van der Waals surface area contributed by atoms with Gasteiger partial charge >= 0.3 is 11.9 Å². The summed E-state index contributed by atoms with van der Waals surface area (Å²) in [6, 6.07) is 0. The van der Waals surface area contributed by atoms with E-state index in [4.69, 9.17) is 9.84 Å². The minimum absolute atomic E-state index is 0.120. The van der Waals surface area contributed by atoms with Gasteiger partial charge < -0.3 is 14.3 Å². The topological polar surface area (TPSA) is 63.6 Å². The molecule has 1 atom stereocenters. The molecule has 0 heterocycles. The van der Waals surface area contributed by atoms with Crippen molar-refractivity contribution in [1.82, 2.24) is 0 Å². The Bertz CT molecular complexity index is 329. The van der Waals surface area contributed by atoms with Crippen molar-refractivity contribution in [1.29, 1.82) is 0 Å². The zero-order valence-electron chi connectivity index (χ0n) is 12.9. The van der Waals surface area contributed by atoms with Crippen molar-refractivity contribution in [3.05, 3.63) is 0 Å².